The Morgan fingerprint density at radius 3 is 2.67 bits per heavy atom. The Morgan fingerprint density at radius 2 is 1.98 bits per heavy atom. The highest BCUT2D eigenvalue weighted by Gasteiger charge is 2.27. The Hall–Kier alpha value is -3.88. The highest BCUT2D eigenvalue weighted by molar-refractivity contribution is 7.90. The van der Waals surface area contributed by atoms with Crippen LogP contribution in [0.15, 0.2) is 41.8 Å². The molecule has 0 spiro atoms. The first-order valence-electron chi connectivity index (χ1n) is 12.8. The van der Waals surface area contributed by atoms with E-state index in [9.17, 15) is 17.6 Å². The largest absolute Gasteiger partial charge is 0.345 e. The fraction of sp³-hybridized carbons (Fsp3) is 0.346. The molecule has 2 aliphatic rings. The molecule has 0 bridgehead atoms. The van der Waals surface area contributed by atoms with Gasteiger partial charge in [-0.2, -0.15) is 12.7 Å². The number of benzene rings is 1. The minimum absolute atomic E-state index is 0.00241. The summed E-state index contributed by atoms with van der Waals surface area (Å²) in [7, 11) is -0.834. The summed E-state index contributed by atoms with van der Waals surface area (Å²) in [6, 6.07) is 3.53. The second-order valence-electron chi connectivity index (χ2n) is 9.63. The maximum atomic E-state index is 15.4. The lowest BCUT2D eigenvalue weighted by atomic mass is 9.99. The second-order valence-corrected chi connectivity index (χ2v) is 11.4. The van der Waals surface area contributed by atoms with Gasteiger partial charge in [-0.05, 0) is 23.8 Å². The van der Waals surface area contributed by atoms with Crippen LogP contribution in [0.25, 0.3) is 16.6 Å². The van der Waals surface area contributed by atoms with Crippen molar-refractivity contribution in [2.75, 3.05) is 58.1 Å². The number of halogens is 2. The van der Waals surface area contributed by atoms with Crippen molar-refractivity contribution in [3.05, 3.63) is 65.1 Å². The molecule has 40 heavy (non-hydrogen) atoms. The van der Waals surface area contributed by atoms with Gasteiger partial charge in [-0.1, -0.05) is 6.92 Å². The highest BCUT2D eigenvalue weighted by atomic mass is 32.2. The number of likely N-dealkylation sites (N-methyl/N-ethyl adjacent to an activating group) is 1. The average Bonchev–Trinajstić information content (AvgIpc) is 3.38. The number of piperazine rings is 1. The van der Waals surface area contributed by atoms with Crippen LogP contribution in [0.2, 0.25) is 0 Å². The van der Waals surface area contributed by atoms with Gasteiger partial charge in [0.05, 0.1) is 11.3 Å². The van der Waals surface area contributed by atoms with Crippen molar-refractivity contribution in [2.24, 2.45) is 4.99 Å². The number of pyridine rings is 1. The predicted molar refractivity (Wildman–Crippen MR) is 149 cm³/mol. The van der Waals surface area contributed by atoms with Crippen molar-refractivity contribution in [3.63, 3.8) is 0 Å². The number of fused-ring (bicyclic) bond motifs is 1. The van der Waals surface area contributed by atoms with Gasteiger partial charge in [0.2, 0.25) is 11.7 Å². The Morgan fingerprint density at radius 1 is 1.23 bits per heavy atom. The van der Waals surface area contributed by atoms with Crippen molar-refractivity contribution in [2.45, 2.75) is 6.92 Å². The van der Waals surface area contributed by atoms with Crippen LogP contribution in [-0.4, -0.2) is 97.6 Å². The molecule has 4 heterocycles. The molecule has 3 N–H and O–H groups in total. The van der Waals surface area contributed by atoms with Gasteiger partial charge >= 0.3 is 10.2 Å². The van der Waals surface area contributed by atoms with Crippen LogP contribution in [-0.2, 0) is 10.2 Å². The Bertz CT molecular complexity index is 1630. The van der Waals surface area contributed by atoms with Crippen LogP contribution in [0.3, 0.4) is 0 Å². The number of H-pyrrole nitrogens is 1. The Labute approximate surface area is 230 Å². The van der Waals surface area contributed by atoms with E-state index in [-0.39, 0.29) is 12.1 Å². The normalized spacial score (nSPS) is 16.4. The molecule has 0 atom stereocenters. The number of aliphatic imine (C=N–C) groups is 1. The fourth-order valence-corrected chi connectivity index (χ4v) is 5.61. The third kappa shape index (κ3) is 5.17. The van der Waals surface area contributed by atoms with Gasteiger partial charge in [-0.15, -0.1) is 0 Å². The van der Waals surface area contributed by atoms with Gasteiger partial charge in [0.1, 0.15) is 11.5 Å². The third-order valence-corrected chi connectivity index (χ3v) is 8.60. The minimum atomic E-state index is -4.10. The Kier molecular flexibility index (Phi) is 7.57. The fourth-order valence-electron chi connectivity index (χ4n) is 4.68. The van der Waals surface area contributed by atoms with E-state index in [0.717, 1.165) is 54.1 Å². The van der Waals surface area contributed by atoms with Gasteiger partial charge in [0.15, 0.2) is 5.82 Å². The highest BCUT2D eigenvalue weighted by Crippen LogP contribution is 2.29. The summed E-state index contributed by atoms with van der Waals surface area (Å²) >= 11 is 0. The van der Waals surface area contributed by atoms with E-state index in [1.54, 1.807) is 25.4 Å². The van der Waals surface area contributed by atoms with Crippen molar-refractivity contribution >= 4 is 44.2 Å². The number of aromatic amines is 1. The average molecular weight is 573 g/mol. The van der Waals surface area contributed by atoms with Crippen molar-refractivity contribution < 1.29 is 22.0 Å². The third-order valence-electron chi connectivity index (χ3n) is 7.04. The summed E-state index contributed by atoms with van der Waals surface area (Å²) in [6.07, 6.45) is 4.77. The van der Waals surface area contributed by atoms with E-state index < -0.39 is 38.9 Å². The summed E-state index contributed by atoms with van der Waals surface area (Å²) in [5.41, 5.74) is 0.543. The quantitative estimate of drug-likeness (QED) is 0.371. The van der Waals surface area contributed by atoms with E-state index in [1.807, 2.05) is 11.9 Å². The lowest BCUT2D eigenvalue weighted by Crippen LogP contribution is -2.52. The molecule has 14 heteroatoms. The number of carbonyl (C=O) groups is 1. The van der Waals surface area contributed by atoms with Gasteiger partial charge in [-0.25, -0.2) is 18.8 Å². The molecule has 212 valence electrons. The molecule has 3 aromatic rings. The molecule has 0 amide bonds. The number of nitrogens with one attached hydrogen (secondary N) is 3. The van der Waals surface area contributed by atoms with Gasteiger partial charge in [0, 0.05) is 88.5 Å². The SMILES string of the molecule is CCN(C)S(=O)(=O)Nc1ccc(F)c(C(=O)c2c[nH]c3ncc(C4=CN=C(N5CCNCC5)N(C)C4)cc23)c1F. The van der Waals surface area contributed by atoms with E-state index in [4.69, 9.17) is 0 Å². The van der Waals surface area contributed by atoms with Crippen LogP contribution in [0.4, 0.5) is 14.5 Å². The molecule has 5 rings (SSSR count). The first-order valence-corrected chi connectivity index (χ1v) is 14.2. The molecule has 1 aromatic carbocycles. The molecular formula is C26H30F2N8O3S. The zero-order chi connectivity index (χ0) is 28.6. The lowest BCUT2D eigenvalue weighted by Gasteiger charge is -2.36. The summed E-state index contributed by atoms with van der Waals surface area (Å²) in [5, 5.41) is 3.70. The minimum Gasteiger partial charge on any atom is -0.345 e. The molecule has 1 saturated heterocycles. The molecule has 11 nitrogen and oxygen atoms in total. The number of rotatable bonds is 7. The number of nitrogens with zero attached hydrogens (tertiary/aromatic N) is 5. The van der Waals surface area contributed by atoms with E-state index >= 15 is 4.39 Å². The number of guanidine groups is 1. The van der Waals surface area contributed by atoms with Crippen molar-refractivity contribution in [1.82, 2.24) is 29.4 Å². The zero-order valence-electron chi connectivity index (χ0n) is 22.3. The summed E-state index contributed by atoms with van der Waals surface area (Å²) in [5.74, 6) is -2.48. The lowest BCUT2D eigenvalue weighted by molar-refractivity contribution is 0.103. The van der Waals surface area contributed by atoms with Gasteiger partial charge < -0.3 is 20.1 Å². The number of carbonyl (C=O) groups excluding carboxylic acids is 1. The molecule has 0 unspecified atom stereocenters. The van der Waals surface area contributed by atoms with Crippen LogP contribution in [0.5, 0.6) is 0 Å². The number of anilines is 1. The summed E-state index contributed by atoms with van der Waals surface area (Å²) in [6.45, 7) is 5.79. The Balaban J connectivity index is 1.48. The number of aromatic nitrogens is 2. The maximum absolute atomic E-state index is 15.4. The zero-order valence-corrected chi connectivity index (χ0v) is 23.1. The maximum Gasteiger partial charge on any atom is 0.301 e. The van der Waals surface area contributed by atoms with Crippen molar-refractivity contribution in [1.29, 1.82) is 0 Å². The molecule has 0 aliphatic carbocycles. The topological polar surface area (TPSA) is 126 Å². The summed E-state index contributed by atoms with van der Waals surface area (Å²) < 4.78 is 58.1. The van der Waals surface area contributed by atoms with Gasteiger partial charge in [0.25, 0.3) is 0 Å². The van der Waals surface area contributed by atoms with E-state index in [0.29, 0.717) is 23.1 Å². The van der Waals surface area contributed by atoms with Gasteiger partial charge in [-0.3, -0.25) is 9.52 Å². The first kappa shape index (κ1) is 27.7. The molecule has 2 aliphatic heterocycles. The second kappa shape index (κ2) is 10.9. The molecular weight excluding hydrogens is 542 g/mol. The number of hydrogen-bond donors (Lipinski definition) is 3. The number of ketones is 1. The molecule has 0 saturated carbocycles. The smallest absolute Gasteiger partial charge is 0.301 e. The van der Waals surface area contributed by atoms with Crippen LogP contribution in [0, 0.1) is 11.6 Å². The molecule has 1 fully saturated rings. The first-order chi connectivity index (χ1) is 19.1. The van der Waals surface area contributed by atoms with Crippen LogP contribution in [0.1, 0.15) is 28.4 Å². The predicted octanol–water partition coefficient (Wildman–Crippen LogP) is 2.23. The standard InChI is InChI=1S/C26H30F2N8O3S/c1-4-35(3)40(38,39)33-21-6-5-20(27)22(23(21)28)24(37)19-14-31-25-18(19)11-16(12-30-25)17-13-32-26(34(2)15-17)36-9-7-29-8-10-36/h5-6,11-14,29,33H,4,7-10,15H2,1-3H3,(H,30,31). The van der Waals surface area contributed by atoms with Crippen molar-refractivity contribution in [3.8, 4) is 0 Å². The summed E-state index contributed by atoms with van der Waals surface area (Å²) in [4.78, 5) is 29.7. The van der Waals surface area contributed by atoms with E-state index in [2.05, 4.69) is 29.9 Å². The van der Waals surface area contributed by atoms with E-state index in [1.165, 1.54) is 13.2 Å². The molecule has 0 radical (unpaired) electrons. The molecule has 2 aromatic heterocycles. The number of hydrogen-bond acceptors (Lipinski definition) is 8. The monoisotopic (exact) mass is 572 g/mol. The van der Waals surface area contributed by atoms with Crippen LogP contribution < -0.4 is 10.0 Å². The van der Waals surface area contributed by atoms with Crippen LogP contribution >= 0.6 is 0 Å².